The second-order valence-corrected chi connectivity index (χ2v) is 2.98. The first-order valence-electron chi connectivity index (χ1n) is 4.15. The van der Waals surface area contributed by atoms with Gasteiger partial charge in [-0.3, -0.25) is 14.3 Å². The Balaban J connectivity index is 2.84. The van der Waals surface area contributed by atoms with Crippen LogP contribution in [-0.4, -0.2) is 28.6 Å². The lowest BCUT2D eigenvalue weighted by atomic mass is 10.1. The van der Waals surface area contributed by atoms with Gasteiger partial charge in [0.1, 0.15) is 12.1 Å². The van der Waals surface area contributed by atoms with Gasteiger partial charge >= 0.3 is 5.97 Å². The van der Waals surface area contributed by atoms with Crippen LogP contribution >= 0.6 is 0 Å². The second-order valence-electron chi connectivity index (χ2n) is 2.98. The van der Waals surface area contributed by atoms with Crippen LogP contribution in [0.5, 0.6) is 0 Å². The van der Waals surface area contributed by atoms with Crippen molar-refractivity contribution in [1.29, 1.82) is 0 Å². The van der Waals surface area contributed by atoms with Gasteiger partial charge in [-0.1, -0.05) is 0 Å². The molecule has 0 spiro atoms. The minimum atomic E-state index is -0.532. The van der Waals surface area contributed by atoms with Crippen LogP contribution in [0, 0.1) is 6.92 Å². The Morgan fingerprint density at radius 3 is 2.64 bits per heavy atom. The molecule has 1 aromatic heterocycles. The summed E-state index contributed by atoms with van der Waals surface area (Å²) in [7, 11) is 2.92. The van der Waals surface area contributed by atoms with Gasteiger partial charge in [0.2, 0.25) is 0 Å². The molecule has 1 heterocycles. The number of hydrogen-bond donors (Lipinski definition) is 0. The number of esters is 1. The summed E-state index contributed by atoms with van der Waals surface area (Å²) < 4.78 is 5.87. The van der Waals surface area contributed by atoms with Crippen LogP contribution in [0.2, 0.25) is 0 Å². The Labute approximate surface area is 81.7 Å². The van der Waals surface area contributed by atoms with E-state index < -0.39 is 5.97 Å². The normalized spacial score (nSPS) is 9.93. The standard InChI is InChI=1S/C9H12N2O3/c1-6-5-10-11(2)9(6)7(12)4-8(13)14-3/h5H,4H2,1-3H3. The Morgan fingerprint density at radius 2 is 2.21 bits per heavy atom. The average Bonchev–Trinajstić information content (AvgIpc) is 2.46. The minimum Gasteiger partial charge on any atom is -0.469 e. The van der Waals surface area contributed by atoms with Crippen LogP contribution in [0.15, 0.2) is 6.20 Å². The number of methoxy groups -OCH3 is 1. The van der Waals surface area contributed by atoms with E-state index in [0.29, 0.717) is 5.69 Å². The van der Waals surface area contributed by atoms with E-state index in [9.17, 15) is 9.59 Å². The maximum absolute atomic E-state index is 11.6. The first-order chi connectivity index (χ1) is 6.56. The number of nitrogens with zero attached hydrogens (tertiary/aromatic N) is 2. The fourth-order valence-electron chi connectivity index (χ4n) is 1.23. The van der Waals surface area contributed by atoms with Crippen molar-refractivity contribution in [2.45, 2.75) is 13.3 Å². The molecule has 0 radical (unpaired) electrons. The summed E-state index contributed by atoms with van der Waals surface area (Å²) in [5, 5.41) is 3.91. The molecule has 5 heteroatoms. The van der Waals surface area contributed by atoms with Gasteiger partial charge < -0.3 is 4.74 Å². The van der Waals surface area contributed by atoms with Crippen molar-refractivity contribution in [2.75, 3.05) is 7.11 Å². The first kappa shape index (κ1) is 10.4. The van der Waals surface area contributed by atoms with Gasteiger partial charge in [0, 0.05) is 7.05 Å². The number of carbonyl (C=O) groups is 2. The molecule has 0 fully saturated rings. The van der Waals surface area contributed by atoms with Crippen LogP contribution in [0.3, 0.4) is 0 Å². The summed E-state index contributed by atoms with van der Waals surface area (Å²) in [6.07, 6.45) is 1.35. The number of Topliss-reactive ketones (excluding diaryl/α,β-unsaturated/α-hetero) is 1. The Hall–Kier alpha value is -1.65. The summed E-state index contributed by atoms with van der Waals surface area (Å²) in [5.74, 6) is -0.801. The van der Waals surface area contributed by atoms with Gasteiger partial charge in [-0.05, 0) is 12.5 Å². The van der Waals surface area contributed by atoms with Crippen molar-refractivity contribution in [3.05, 3.63) is 17.5 Å². The van der Waals surface area contributed by atoms with Gasteiger partial charge in [-0.15, -0.1) is 0 Å². The van der Waals surface area contributed by atoms with Crippen molar-refractivity contribution < 1.29 is 14.3 Å². The molecule has 0 saturated carbocycles. The topological polar surface area (TPSA) is 61.2 Å². The van der Waals surface area contributed by atoms with E-state index in [4.69, 9.17) is 0 Å². The quantitative estimate of drug-likeness (QED) is 0.400. The fourth-order valence-corrected chi connectivity index (χ4v) is 1.23. The Morgan fingerprint density at radius 1 is 1.57 bits per heavy atom. The summed E-state index contributed by atoms with van der Waals surface area (Å²) in [4.78, 5) is 22.4. The molecule has 1 aromatic rings. The van der Waals surface area contributed by atoms with Gasteiger partial charge in [-0.2, -0.15) is 5.10 Å². The number of hydrogen-bond acceptors (Lipinski definition) is 4. The minimum absolute atomic E-state index is 0.239. The number of ketones is 1. The van der Waals surface area contributed by atoms with Crippen molar-refractivity contribution in [3.8, 4) is 0 Å². The lowest BCUT2D eigenvalue weighted by Crippen LogP contribution is -2.14. The van der Waals surface area contributed by atoms with Crippen LogP contribution in [0.25, 0.3) is 0 Å². The number of rotatable bonds is 3. The van der Waals surface area contributed by atoms with Crippen LogP contribution in [-0.2, 0) is 16.6 Å². The summed E-state index contributed by atoms with van der Waals surface area (Å²) in [6.45, 7) is 1.78. The SMILES string of the molecule is COC(=O)CC(=O)c1c(C)cnn1C. The van der Waals surface area contributed by atoms with Crippen molar-refractivity contribution in [2.24, 2.45) is 7.05 Å². The molecule has 0 aliphatic rings. The largest absolute Gasteiger partial charge is 0.469 e. The predicted molar refractivity (Wildman–Crippen MR) is 48.9 cm³/mol. The number of aromatic nitrogens is 2. The number of ether oxygens (including phenoxy) is 1. The molecule has 0 aromatic carbocycles. The van der Waals surface area contributed by atoms with Gasteiger partial charge in [0.15, 0.2) is 5.78 Å². The van der Waals surface area contributed by atoms with Gasteiger partial charge in [0.25, 0.3) is 0 Å². The highest BCUT2D eigenvalue weighted by Crippen LogP contribution is 2.08. The molecular formula is C9H12N2O3. The third-order valence-electron chi connectivity index (χ3n) is 1.92. The van der Waals surface area contributed by atoms with E-state index in [1.165, 1.54) is 11.8 Å². The molecule has 0 aliphatic heterocycles. The first-order valence-corrected chi connectivity index (χ1v) is 4.15. The zero-order valence-electron chi connectivity index (χ0n) is 8.40. The van der Waals surface area contributed by atoms with E-state index in [1.54, 1.807) is 20.2 Å². The third kappa shape index (κ3) is 1.99. The molecule has 0 atom stereocenters. The van der Waals surface area contributed by atoms with E-state index in [-0.39, 0.29) is 12.2 Å². The zero-order chi connectivity index (χ0) is 10.7. The molecule has 5 nitrogen and oxygen atoms in total. The summed E-state index contributed by atoms with van der Waals surface area (Å²) in [5.41, 5.74) is 1.22. The Bertz CT molecular complexity index is 349. The van der Waals surface area contributed by atoms with E-state index >= 15 is 0 Å². The highest BCUT2D eigenvalue weighted by molar-refractivity contribution is 6.05. The van der Waals surface area contributed by atoms with E-state index in [0.717, 1.165) is 5.56 Å². The zero-order valence-corrected chi connectivity index (χ0v) is 8.40. The van der Waals surface area contributed by atoms with Crippen molar-refractivity contribution in [1.82, 2.24) is 9.78 Å². The Kier molecular flexibility index (Phi) is 3.01. The molecule has 0 saturated heterocycles. The highest BCUT2D eigenvalue weighted by Gasteiger charge is 2.17. The van der Waals surface area contributed by atoms with Crippen LogP contribution in [0.1, 0.15) is 22.5 Å². The molecular weight excluding hydrogens is 184 g/mol. The molecule has 0 bridgehead atoms. The monoisotopic (exact) mass is 196 g/mol. The maximum Gasteiger partial charge on any atom is 0.313 e. The van der Waals surface area contributed by atoms with Crippen molar-refractivity contribution >= 4 is 11.8 Å². The molecule has 76 valence electrons. The highest BCUT2D eigenvalue weighted by atomic mass is 16.5. The predicted octanol–water partition coefficient (Wildman–Crippen LogP) is 0.474. The smallest absolute Gasteiger partial charge is 0.313 e. The molecule has 0 unspecified atom stereocenters. The van der Waals surface area contributed by atoms with Crippen LogP contribution < -0.4 is 0 Å². The maximum atomic E-state index is 11.6. The average molecular weight is 196 g/mol. The second kappa shape index (κ2) is 4.04. The fraction of sp³-hybridized carbons (Fsp3) is 0.444. The molecule has 14 heavy (non-hydrogen) atoms. The summed E-state index contributed by atoms with van der Waals surface area (Å²) in [6, 6.07) is 0. The molecule has 0 aliphatic carbocycles. The number of aryl methyl sites for hydroxylation is 2. The van der Waals surface area contributed by atoms with E-state index in [1.807, 2.05) is 0 Å². The van der Waals surface area contributed by atoms with Gasteiger partial charge in [0.05, 0.1) is 13.3 Å². The van der Waals surface area contributed by atoms with Crippen molar-refractivity contribution in [3.63, 3.8) is 0 Å². The lowest BCUT2D eigenvalue weighted by Gasteiger charge is -2.01. The van der Waals surface area contributed by atoms with Crippen LogP contribution in [0.4, 0.5) is 0 Å². The molecule has 1 rings (SSSR count). The third-order valence-corrected chi connectivity index (χ3v) is 1.92. The summed E-state index contributed by atoms with van der Waals surface area (Å²) >= 11 is 0. The molecule has 0 N–H and O–H groups in total. The number of carbonyl (C=O) groups excluding carboxylic acids is 2. The molecule has 0 amide bonds. The van der Waals surface area contributed by atoms with E-state index in [2.05, 4.69) is 9.84 Å². The van der Waals surface area contributed by atoms with Gasteiger partial charge in [-0.25, -0.2) is 0 Å². The lowest BCUT2D eigenvalue weighted by molar-refractivity contribution is -0.139.